The van der Waals surface area contributed by atoms with E-state index in [9.17, 15) is 0 Å². The first kappa shape index (κ1) is 9.04. The first-order valence-corrected chi connectivity index (χ1v) is 5.69. The molecule has 1 fully saturated rings. The van der Waals surface area contributed by atoms with Gasteiger partial charge in [-0.05, 0) is 57.3 Å². The lowest BCUT2D eigenvalue weighted by molar-refractivity contribution is 0.420. The van der Waals surface area contributed by atoms with Crippen molar-refractivity contribution in [2.24, 2.45) is 5.92 Å². The second-order valence-corrected chi connectivity index (χ2v) is 6.35. The summed E-state index contributed by atoms with van der Waals surface area (Å²) in [6.45, 7) is 0. The highest BCUT2D eigenvalue weighted by Gasteiger charge is 2.10. The van der Waals surface area contributed by atoms with Crippen molar-refractivity contribution in [1.82, 2.24) is 0 Å². The van der Waals surface area contributed by atoms with Crippen LogP contribution >= 0.6 is 38.5 Å². The van der Waals surface area contributed by atoms with Gasteiger partial charge >= 0.3 is 0 Å². The Bertz CT molecular complexity index is 121. The minimum absolute atomic E-state index is 0.861. The summed E-state index contributed by atoms with van der Waals surface area (Å²) in [6, 6.07) is 0. The molecule has 0 atom stereocenters. The lowest BCUT2D eigenvalue weighted by Gasteiger charge is -2.17. The number of hydrogen-bond acceptors (Lipinski definition) is 0. The number of hydrogen-bond donors (Lipinski definition) is 0. The summed E-state index contributed by atoms with van der Waals surface area (Å²) in [4.78, 5) is 0. The molecule has 0 unspecified atom stereocenters. The topological polar surface area (TPSA) is 0 Å². The summed E-state index contributed by atoms with van der Waals surface area (Å²) >= 11 is 5.78. The molecule has 0 nitrogen and oxygen atoms in total. The quantitative estimate of drug-likeness (QED) is 0.635. The van der Waals surface area contributed by atoms with E-state index in [1.54, 1.807) is 0 Å². The summed E-state index contributed by atoms with van der Waals surface area (Å²) in [7, 11) is 0. The number of allylic oxidation sites excluding steroid dienone is 1. The zero-order valence-electron chi connectivity index (χ0n) is 5.95. The monoisotopic (exact) mass is 314 g/mol. The third-order valence-corrected chi connectivity index (χ3v) is 2.64. The van der Waals surface area contributed by atoms with Crippen LogP contribution in [0.4, 0.5) is 0 Å². The van der Waals surface area contributed by atoms with Crippen molar-refractivity contribution in [2.75, 3.05) is 0 Å². The zero-order chi connectivity index (χ0) is 7.40. The maximum Gasteiger partial charge on any atom is 0.0522 e. The Labute approximate surface area is 84.7 Å². The van der Waals surface area contributed by atoms with E-state index in [0.29, 0.717) is 0 Å². The summed E-state index contributed by atoms with van der Waals surface area (Å²) in [5.74, 6) is 0.861. The Hall–Kier alpha value is 0.950. The van der Waals surface area contributed by atoms with E-state index in [4.69, 9.17) is 0 Å². The molecule has 1 saturated carbocycles. The Kier molecular flexibility index (Phi) is 4.30. The van der Waals surface area contributed by atoms with Crippen molar-refractivity contribution in [2.45, 2.75) is 32.1 Å². The fourth-order valence-corrected chi connectivity index (χ4v) is 2.36. The Morgan fingerprint density at radius 1 is 1.30 bits per heavy atom. The van der Waals surface area contributed by atoms with Gasteiger partial charge in [-0.25, -0.2) is 0 Å². The summed E-state index contributed by atoms with van der Waals surface area (Å²) < 4.78 is 1.28. The first-order chi connectivity index (χ1) is 4.79. The molecule has 58 valence electrons. The minimum atomic E-state index is 0.861. The lowest BCUT2D eigenvalue weighted by atomic mass is 9.90. The lowest BCUT2D eigenvalue weighted by Crippen LogP contribution is -2.02. The van der Waals surface area contributed by atoms with Gasteiger partial charge in [0.05, 0.1) is 2.49 Å². The van der Waals surface area contributed by atoms with Gasteiger partial charge in [-0.2, -0.15) is 0 Å². The van der Waals surface area contributed by atoms with E-state index in [0.717, 1.165) is 5.92 Å². The third-order valence-electron chi connectivity index (χ3n) is 2.01. The van der Waals surface area contributed by atoms with Crippen LogP contribution in [0.5, 0.6) is 0 Å². The molecule has 0 heterocycles. The van der Waals surface area contributed by atoms with Crippen molar-refractivity contribution in [1.29, 1.82) is 0 Å². The van der Waals surface area contributed by atoms with E-state index in [2.05, 4.69) is 44.6 Å². The smallest absolute Gasteiger partial charge is 0.0522 e. The molecule has 10 heavy (non-hydrogen) atoms. The van der Waals surface area contributed by atoms with Crippen LogP contribution in [-0.4, -0.2) is 0 Å². The second-order valence-electron chi connectivity index (χ2n) is 2.85. The highest BCUT2D eigenvalue weighted by atomic mass is 127. The molecule has 2 heteroatoms. The molecule has 0 spiro atoms. The van der Waals surface area contributed by atoms with Gasteiger partial charge in [0.2, 0.25) is 0 Å². The van der Waals surface area contributed by atoms with Gasteiger partial charge in [0, 0.05) is 0 Å². The van der Waals surface area contributed by atoms with Crippen LogP contribution < -0.4 is 0 Å². The molecular formula is C8H12BrI. The molecule has 1 aliphatic rings. The van der Waals surface area contributed by atoms with Crippen LogP contribution in [0, 0.1) is 5.92 Å². The fourth-order valence-electron chi connectivity index (χ4n) is 1.48. The molecule has 0 bridgehead atoms. The van der Waals surface area contributed by atoms with Crippen LogP contribution in [0.3, 0.4) is 0 Å². The van der Waals surface area contributed by atoms with Gasteiger partial charge in [-0.3, -0.25) is 0 Å². The summed E-state index contributed by atoms with van der Waals surface area (Å²) in [5, 5.41) is 0. The van der Waals surface area contributed by atoms with Crippen LogP contribution in [0.25, 0.3) is 0 Å². The molecule has 0 saturated heterocycles. The molecule has 0 aromatic rings. The molecule has 1 aliphatic carbocycles. The first-order valence-electron chi connectivity index (χ1n) is 3.82. The maximum absolute atomic E-state index is 3.46. The van der Waals surface area contributed by atoms with E-state index in [1.807, 2.05) is 0 Å². The summed E-state index contributed by atoms with van der Waals surface area (Å²) in [6.07, 6.45) is 9.45. The molecule has 0 N–H and O–H groups in total. The predicted octanol–water partition coefficient (Wildman–Crippen LogP) is 4.24. The normalized spacial score (nSPS) is 23.2. The minimum Gasteiger partial charge on any atom is -0.0610 e. The van der Waals surface area contributed by atoms with Crippen molar-refractivity contribution in [3.63, 3.8) is 0 Å². The molecule has 0 aromatic heterocycles. The van der Waals surface area contributed by atoms with Crippen LogP contribution in [0.2, 0.25) is 0 Å². The van der Waals surface area contributed by atoms with Crippen molar-refractivity contribution in [3.8, 4) is 0 Å². The molecule has 0 aromatic carbocycles. The largest absolute Gasteiger partial charge is 0.0610 e. The van der Waals surface area contributed by atoms with E-state index >= 15 is 0 Å². The average Bonchev–Trinajstić information content (AvgIpc) is 1.88. The second kappa shape index (κ2) is 4.75. The molecule has 1 rings (SSSR count). The number of rotatable bonds is 1. The van der Waals surface area contributed by atoms with Gasteiger partial charge in [-0.1, -0.05) is 25.3 Å². The highest BCUT2D eigenvalue weighted by Crippen LogP contribution is 2.28. The zero-order valence-corrected chi connectivity index (χ0v) is 9.69. The average molecular weight is 315 g/mol. The van der Waals surface area contributed by atoms with Gasteiger partial charge in [0.15, 0.2) is 0 Å². The summed E-state index contributed by atoms with van der Waals surface area (Å²) in [5.41, 5.74) is 0. The molecule has 0 aliphatic heterocycles. The predicted molar refractivity (Wildman–Crippen MR) is 57.6 cm³/mol. The Balaban J connectivity index is 2.33. The standard InChI is InChI=1S/C8H12BrI/c9-8(10)6-7-4-2-1-3-5-7/h6-7H,1-5H2/b8-6-. The number of halogens is 2. The van der Waals surface area contributed by atoms with Crippen molar-refractivity contribution >= 4 is 38.5 Å². The van der Waals surface area contributed by atoms with Gasteiger partial charge < -0.3 is 0 Å². The van der Waals surface area contributed by atoms with Crippen molar-refractivity contribution in [3.05, 3.63) is 8.57 Å². The van der Waals surface area contributed by atoms with E-state index < -0.39 is 0 Å². The molecule has 0 amide bonds. The van der Waals surface area contributed by atoms with Crippen LogP contribution in [0.1, 0.15) is 32.1 Å². The molecule has 0 radical (unpaired) electrons. The van der Waals surface area contributed by atoms with E-state index in [1.165, 1.54) is 34.6 Å². The van der Waals surface area contributed by atoms with Gasteiger partial charge in [-0.15, -0.1) is 0 Å². The Morgan fingerprint density at radius 2 is 1.90 bits per heavy atom. The van der Waals surface area contributed by atoms with Crippen LogP contribution in [-0.2, 0) is 0 Å². The SMILES string of the molecule is Br/C(I)=C/C1CCCCC1. The fraction of sp³-hybridized carbons (Fsp3) is 0.750. The Morgan fingerprint density at radius 3 is 2.40 bits per heavy atom. The van der Waals surface area contributed by atoms with Crippen molar-refractivity contribution < 1.29 is 0 Å². The van der Waals surface area contributed by atoms with Crippen LogP contribution in [0.15, 0.2) is 8.57 Å². The third kappa shape index (κ3) is 3.37. The maximum atomic E-state index is 3.46. The van der Waals surface area contributed by atoms with Gasteiger partial charge in [0.1, 0.15) is 0 Å². The molecular weight excluding hydrogens is 303 g/mol. The van der Waals surface area contributed by atoms with Gasteiger partial charge in [0.25, 0.3) is 0 Å². The van der Waals surface area contributed by atoms with E-state index in [-0.39, 0.29) is 0 Å². The highest BCUT2D eigenvalue weighted by molar-refractivity contribution is 14.1.